The first kappa shape index (κ1) is 13.5. The largest absolute Gasteiger partial charge is 0.480 e. The number of carbonyl (C=O) groups is 1. The summed E-state index contributed by atoms with van der Waals surface area (Å²) in [5.74, 6) is 0.519. The Kier molecular flexibility index (Phi) is 5.77. The molecule has 1 rings (SSSR count). The molecular formula is C12H23NO3. The van der Waals surface area contributed by atoms with Crippen LogP contribution in [0.25, 0.3) is 0 Å². The van der Waals surface area contributed by atoms with Crippen molar-refractivity contribution in [3.63, 3.8) is 0 Å². The third kappa shape index (κ3) is 6.80. The number of rotatable bonds is 9. The predicted octanol–water partition coefficient (Wildman–Crippen LogP) is 1.46. The molecule has 0 aromatic heterocycles. The number of hydrogen-bond acceptors (Lipinski definition) is 3. The van der Waals surface area contributed by atoms with E-state index in [0.717, 1.165) is 25.6 Å². The fraction of sp³-hybridized carbons (Fsp3) is 0.917. The highest BCUT2D eigenvalue weighted by Gasteiger charge is 2.24. The molecule has 0 heterocycles. The van der Waals surface area contributed by atoms with Gasteiger partial charge in [0.25, 0.3) is 0 Å². The van der Waals surface area contributed by atoms with Gasteiger partial charge in [-0.15, -0.1) is 0 Å². The van der Waals surface area contributed by atoms with E-state index in [1.807, 2.05) is 4.90 Å². The molecule has 0 spiro atoms. The summed E-state index contributed by atoms with van der Waals surface area (Å²) >= 11 is 0. The predicted molar refractivity (Wildman–Crippen MR) is 62.5 cm³/mol. The average molecular weight is 229 g/mol. The number of carboxylic acids is 1. The van der Waals surface area contributed by atoms with Crippen molar-refractivity contribution < 1.29 is 14.6 Å². The van der Waals surface area contributed by atoms with Crippen LogP contribution in [0.5, 0.6) is 0 Å². The van der Waals surface area contributed by atoms with Crippen LogP contribution in [-0.4, -0.2) is 48.8 Å². The fourth-order valence-electron chi connectivity index (χ4n) is 1.60. The minimum Gasteiger partial charge on any atom is -0.480 e. The minimum atomic E-state index is -0.746. The van der Waals surface area contributed by atoms with Gasteiger partial charge in [0.1, 0.15) is 0 Å². The SMILES string of the molecule is CC(C)COCCN(CC(=O)O)CC1CC1. The van der Waals surface area contributed by atoms with Crippen molar-refractivity contribution in [3.8, 4) is 0 Å². The Morgan fingerprint density at radius 3 is 2.69 bits per heavy atom. The van der Waals surface area contributed by atoms with Crippen molar-refractivity contribution in [2.24, 2.45) is 11.8 Å². The molecule has 0 unspecified atom stereocenters. The van der Waals surface area contributed by atoms with E-state index in [2.05, 4.69) is 13.8 Å². The summed E-state index contributed by atoms with van der Waals surface area (Å²) in [7, 11) is 0. The zero-order valence-electron chi connectivity index (χ0n) is 10.3. The van der Waals surface area contributed by atoms with E-state index in [4.69, 9.17) is 9.84 Å². The van der Waals surface area contributed by atoms with Crippen LogP contribution in [0, 0.1) is 11.8 Å². The molecule has 4 nitrogen and oxygen atoms in total. The molecule has 0 atom stereocenters. The Balaban J connectivity index is 2.12. The van der Waals surface area contributed by atoms with Crippen molar-refractivity contribution in [1.82, 2.24) is 4.90 Å². The van der Waals surface area contributed by atoms with Crippen molar-refractivity contribution in [1.29, 1.82) is 0 Å². The van der Waals surface area contributed by atoms with Crippen molar-refractivity contribution >= 4 is 5.97 Å². The van der Waals surface area contributed by atoms with Crippen molar-refractivity contribution in [2.45, 2.75) is 26.7 Å². The highest BCUT2D eigenvalue weighted by Crippen LogP contribution is 2.29. The van der Waals surface area contributed by atoms with Gasteiger partial charge in [-0.2, -0.15) is 0 Å². The van der Waals surface area contributed by atoms with Gasteiger partial charge in [-0.05, 0) is 24.7 Å². The summed E-state index contributed by atoms with van der Waals surface area (Å²) in [6.45, 7) is 7.40. The van der Waals surface area contributed by atoms with E-state index in [9.17, 15) is 4.79 Å². The van der Waals surface area contributed by atoms with E-state index in [-0.39, 0.29) is 6.54 Å². The van der Waals surface area contributed by atoms with Crippen LogP contribution in [0.3, 0.4) is 0 Å². The topological polar surface area (TPSA) is 49.8 Å². The number of aliphatic carboxylic acids is 1. The summed E-state index contributed by atoms with van der Waals surface area (Å²) < 4.78 is 5.47. The number of hydrogen-bond donors (Lipinski definition) is 1. The van der Waals surface area contributed by atoms with Crippen LogP contribution in [0.4, 0.5) is 0 Å². The highest BCUT2D eigenvalue weighted by molar-refractivity contribution is 5.69. The Morgan fingerprint density at radius 1 is 1.50 bits per heavy atom. The zero-order valence-corrected chi connectivity index (χ0v) is 10.3. The lowest BCUT2D eigenvalue weighted by atomic mass is 10.2. The summed E-state index contributed by atoms with van der Waals surface area (Å²) in [6.07, 6.45) is 2.51. The first-order valence-corrected chi connectivity index (χ1v) is 6.10. The van der Waals surface area contributed by atoms with E-state index in [1.54, 1.807) is 0 Å². The molecule has 0 radical (unpaired) electrons. The van der Waals surface area contributed by atoms with E-state index in [1.165, 1.54) is 12.8 Å². The Hall–Kier alpha value is -0.610. The first-order chi connectivity index (χ1) is 7.58. The third-order valence-electron chi connectivity index (χ3n) is 2.58. The molecule has 0 aromatic rings. The molecular weight excluding hydrogens is 206 g/mol. The minimum absolute atomic E-state index is 0.140. The highest BCUT2D eigenvalue weighted by atomic mass is 16.5. The molecule has 0 bridgehead atoms. The van der Waals surface area contributed by atoms with Crippen molar-refractivity contribution in [3.05, 3.63) is 0 Å². The summed E-state index contributed by atoms with van der Waals surface area (Å²) in [5, 5.41) is 8.78. The first-order valence-electron chi connectivity index (χ1n) is 6.10. The Morgan fingerprint density at radius 2 is 2.19 bits per heavy atom. The lowest BCUT2D eigenvalue weighted by molar-refractivity contribution is -0.138. The molecule has 0 saturated heterocycles. The quantitative estimate of drug-likeness (QED) is 0.608. The van der Waals surface area contributed by atoms with Crippen LogP contribution in [0.1, 0.15) is 26.7 Å². The van der Waals surface area contributed by atoms with Gasteiger partial charge in [0.2, 0.25) is 0 Å². The monoisotopic (exact) mass is 229 g/mol. The van der Waals surface area contributed by atoms with Gasteiger partial charge in [-0.1, -0.05) is 13.8 Å². The van der Waals surface area contributed by atoms with Crippen LogP contribution in [-0.2, 0) is 9.53 Å². The van der Waals surface area contributed by atoms with Crippen LogP contribution < -0.4 is 0 Å². The van der Waals surface area contributed by atoms with Crippen molar-refractivity contribution in [2.75, 3.05) is 32.8 Å². The molecule has 94 valence electrons. The molecule has 1 aliphatic rings. The maximum Gasteiger partial charge on any atom is 0.317 e. The van der Waals surface area contributed by atoms with E-state index < -0.39 is 5.97 Å². The molecule has 0 aromatic carbocycles. The second-order valence-corrected chi connectivity index (χ2v) is 5.04. The molecule has 16 heavy (non-hydrogen) atoms. The number of nitrogens with zero attached hydrogens (tertiary/aromatic N) is 1. The third-order valence-corrected chi connectivity index (χ3v) is 2.58. The van der Waals surface area contributed by atoms with Gasteiger partial charge in [0.05, 0.1) is 13.2 Å². The summed E-state index contributed by atoms with van der Waals surface area (Å²) in [5.41, 5.74) is 0. The Labute approximate surface area is 97.6 Å². The molecule has 0 aliphatic heterocycles. The maximum atomic E-state index is 10.7. The van der Waals surface area contributed by atoms with Crippen LogP contribution >= 0.6 is 0 Å². The van der Waals surface area contributed by atoms with E-state index in [0.29, 0.717) is 12.5 Å². The molecule has 1 N–H and O–H groups in total. The average Bonchev–Trinajstić information content (AvgIpc) is 2.94. The zero-order chi connectivity index (χ0) is 12.0. The summed E-state index contributed by atoms with van der Waals surface area (Å²) in [6, 6.07) is 0. The maximum absolute atomic E-state index is 10.7. The van der Waals surface area contributed by atoms with Gasteiger partial charge >= 0.3 is 5.97 Å². The van der Waals surface area contributed by atoms with Gasteiger partial charge in [-0.3, -0.25) is 9.69 Å². The van der Waals surface area contributed by atoms with Crippen LogP contribution in [0.2, 0.25) is 0 Å². The number of ether oxygens (including phenoxy) is 1. The lowest BCUT2D eigenvalue weighted by Crippen LogP contribution is -2.34. The van der Waals surface area contributed by atoms with Gasteiger partial charge < -0.3 is 9.84 Å². The van der Waals surface area contributed by atoms with E-state index >= 15 is 0 Å². The van der Waals surface area contributed by atoms with Crippen LogP contribution in [0.15, 0.2) is 0 Å². The van der Waals surface area contributed by atoms with Gasteiger partial charge in [0.15, 0.2) is 0 Å². The fourth-order valence-corrected chi connectivity index (χ4v) is 1.60. The second kappa shape index (κ2) is 6.86. The standard InChI is InChI=1S/C12H23NO3/c1-10(2)9-16-6-5-13(8-12(14)15)7-11-3-4-11/h10-11H,3-9H2,1-2H3,(H,14,15). The Bertz CT molecular complexity index is 214. The summed E-state index contributed by atoms with van der Waals surface area (Å²) in [4.78, 5) is 12.7. The molecule has 1 aliphatic carbocycles. The van der Waals surface area contributed by atoms with Gasteiger partial charge in [0, 0.05) is 19.7 Å². The lowest BCUT2D eigenvalue weighted by Gasteiger charge is -2.20. The smallest absolute Gasteiger partial charge is 0.317 e. The molecule has 0 amide bonds. The molecule has 4 heteroatoms. The molecule has 1 fully saturated rings. The molecule has 1 saturated carbocycles. The van der Waals surface area contributed by atoms with Gasteiger partial charge in [-0.25, -0.2) is 0 Å². The normalized spacial score (nSPS) is 16.0. The second-order valence-electron chi connectivity index (χ2n) is 5.04. The number of carboxylic acid groups (broad SMARTS) is 1.